The molecule has 1 amide bonds. The van der Waals surface area contributed by atoms with Crippen molar-refractivity contribution in [2.24, 2.45) is 0 Å². The van der Waals surface area contributed by atoms with Gasteiger partial charge in [-0.25, -0.2) is 0 Å². The molecule has 27 heavy (non-hydrogen) atoms. The number of carbonyl (C=O) groups is 1. The Balaban J connectivity index is 1.24. The van der Waals surface area contributed by atoms with Crippen LogP contribution in [0.4, 0.5) is 5.69 Å². The third kappa shape index (κ3) is 4.69. The highest BCUT2D eigenvalue weighted by Crippen LogP contribution is 2.26. The fourth-order valence-corrected chi connectivity index (χ4v) is 4.04. The highest BCUT2D eigenvalue weighted by molar-refractivity contribution is 9.10. The predicted octanol–water partition coefficient (Wildman–Crippen LogP) is 3.14. The summed E-state index contributed by atoms with van der Waals surface area (Å²) in [5.74, 6) is 1.08. The molecule has 1 fully saturated rings. The van der Waals surface area contributed by atoms with Crippen LogP contribution in [-0.2, 0) is 17.8 Å². The van der Waals surface area contributed by atoms with E-state index < -0.39 is 0 Å². The maximum Gasteiger partial charge on any atom is 0.238 e. The molecule has 2 heterocycles. The first-order chi connectivity index (χ1) is 13.2. The summed E-state index contributed by atoms with van der Waals surface area (Å²) in [6.07, 6.45) is 1.02. The first kappa shape index (κ1) is 18.5. The molecule has 2 aromatic rings. The third-order valence-corrected chi connectivity index (χ3v) is 5.83. The van der Waals surface area contributed by atoms with Crippen molar-refractivity contribution in [3.63, 3.8) is 0 Å². The number of carbonyl (C=O) groups excluding carboxylic acids is 1. The van der Waals surface area contributed by atoms with Crippen molar-refractivity contribution in [2.45, 2.75) is 13.0 Å². The third-order valence-electron chi connectivity index (χ3n) is 5.14. The zero-order chi connectivity index (χ0) is 18.6. The van der Waals surface area contributed by atoms with E-state index in [1.165, 1.54) is 11.1 Å². The van der Waals surface area contributed by atoms with Crippen molar-refractivity contribution in [2.75, 3.05) is 44.6 Å². The van der Waals surface area contributed by atoms with E-state index in [9.17, 15) is 4.79 Å². The van der Waals surface area contributed by atoms with Crippen LogP contribution in [0, 0.1) is 0 Å². The minimum atomic E-state index is 0.0361. The molecule has 0 spiro atoms. The van der Waals surface area contributed by atoms with Crippen LogP contribution in [0.3, 0.4) is 0 Å². The molecule has 0 bridgehead atoms. The number of fused-ring (bicyclic) bond motifs is 1. The summed E-state index contributed by atoms with van der Waals surface area (Å²) < 4.78 is 6.49. The van der Waals surface area contributed by atoms with Crippen LogP contribution < -0.4 is 10.1 Å². The van der Waals surface area contributed by atoms with Gasteiger partial charge in [0.2, 0.25) is 5.91 Å². The molecule has 5 nitrogen and oxygen atoms in total. The molecule has 0 aliphatic carbocycles. The number of anilines is 1. The molecule has 2 aliphatic heterocycles. The Labute approximate surface area is 168 Å². The maximum atomic E-state index is 12.3. The average Bonchev–Trinajstić information content (AvgIpc) is 3.13. The normalized spacial score (nSPS) is 17.4. The zero-order valence-electron chi connectivity index (χ0n) is 15.3. The van der Waals surface area contributed by atoms with Crippen molar-refractivity contribution in [3.8, 4) is 5.75 Å². The van der Waals surface area contributed by atoms with E-state index in [1.807, 2.05) is 24.3 Å². The van der Waals surface area contributed by atoms with E-state index in [2.05, 4.69) is 49.2 Å². The fourth-order valence-electron chi connectivity index (χ4n) is 3.66. The standard InChI is InChI=1S/C21H24BrN3O2/c22-18-3-1-2-4-19(18)23-21(26)15-25-10-8-24(9-11-25)14-16-5-6-20-17(13-16)7-12-27-20/h1-6,13H,7-12,14-15H2,(H,23,26). The summed E-state index contributed by atoms with van der Waals surface area (Å²) in [5, 5.41) is 2.98. The van der Waals surface area contributed by atoms with Gasteiger partial charge in [0.15, 0.2) is 0 Å². The number of halogens is 1. The van der Waals surface area contributed by atoms with Gasteiger partial charge < -0.3 is 10.1 Å². The number of nitrogens with one attached hydrogen (secondary N) is 1. The summed E-state index contributed by atoms with van der Waals surface area (Å²) in [5.41, 5.74) is 3.50. The Morgan fingerprint density at radius 2 is 1.85 bits per heavy atom. The Morgan fingerprint density at radius 1 is 1.07 bits per heavy atom. The lowest BCUT2D eigenvalue weighted by atomic mass is 10.1. The largest absolute Gasteiger partial charge is 0.493 e. The molecule has 4 rings (SSSR count). The van der Waals surface area contributed by atoms with Crippen LogP contribution in [0.1, 0.15) is 11.1 Å². The number of ether oxygens (including phenoxy) is 1. The van der Waals surface area contributed by atoms with Gasteiger partial charge in [0.25, 0.3) is 0 Å². The van der Waals surface area contributed by atoms with Gasteiger partial charge in [0.1, 0.15) is 5.75 Å². The van der Waals surface area contributed by atoms with E-state index >= 15 is 0 Å². The van der Waals surface area contributed by atoms with Crippen LogP contribution >= 0.6 is 15.9 Å². The molecule has 0 radical (unpaired) electrons. The van der Waals surface area contributed by atoms with E-state index in [4.69, 9.17) is 4.74 Å². The number of para-hydroxylation sites is 1. The molecule has 6 heteroatoms. The molecule has 2 aromatic carbocycles. The number of hydrogen-bond donors (Lipinski definition) is 1. The van der Waals surface area contributed by atoms with Crippen LogP contribution in [0.15, 0.2) is 46.9 Å². The average molecular weight is 430 g/mol. The number of benzene rings is 2. The Morgan fingerprint density at radius 3 is 2.67 bits per heavy atom. The number of hydrogen-bond acceptors (Lipinski definition) is 4. The molecule has 0 unspecified atom stereocenters. The highest BCUT2D eigenvalue weighted by Gasteiger charge is 2.20. The van der Waals surface area contributed by atoms with Gasteiger partial charge in [0, 0.05) is 43.6 Å². The van der Waals surface area contributed by atoms with Crippen molar-refractivity contribution in [3.05, 3.63) is 58.1 Å². The zero-order valence-corrected chi connectivity index (χ0v) is 16.9. The quantitative estimate of drug-likeness (QED) is 0.792. The second-order valence-electron chi connectivity index (χ2n) is 7.12. The van der Waals surface area contributed by atoms with E-state index in [0.29, 0.717) is 6.54 Å². The molecule has 0 saturated carbocycles. The lowest BCUT2D eigenvalue weighted by Crippen LogP contribution is -2.48. The minimum Gasteiger partial charge on any atom is -0.493 e. The lowest BCUT2D eigenvalue weighted by Gasteiger charge is -2.34. The van der Waals surface area contributed by atoms with Crippen molar-refractivity contribution in [1.82, 2.24) is 9.80 Å². The van der Waals surface area contributed by atoms with Gasteiger partial charge in [-0.05, 0) is 45.3 Å². The predicted molar refractivity (Wildman–Crippen MR) is 110 cm³/mol. The maximum absolute atomic E-state index is 12.3. The van der Waals surface area contributed by atoms with E-state index in [0.717, 1.165) is 61.7 Å². The summed E-state index contributed by atoms with van der Waals surface area (Å²) >= 11 is 3.47. The van der Waals surface area contributed by atoms with Crippen molar-refractivity contribution >= 4 is 27.5 Å². The summed E-state index contributed by atoms with van der Waals surface area (Å²) in [4.78, 5) is 17.0. The Bertz CT molecular complexity index is 819. The number of rotatable bonds is 5. The fraction of sp³-hybridized carbons (Fsp3) is 0.381. The van der Waals surface area contributed by atoms with Gasteiger partial charge >= 0.3 is 0 Å². The molecule has 1 saturated heterocycles. The Kier molecular flexibility index (Phi) is 5.76. The summed E-state index contributed by atoms with van der Waals surface area (Å²) in [6, 6.07) is 14.2. The van der Waals surface area contributed by atoms with Crippen molar-refractivity contribution in [1.29, 1.82) is 0 Å². The number of nitrogens with zero attached hydrogens (tertiary/aromatic N) is 2. The van der Waals surface area contributed by atoms with Crippen LogP contribution in [0.2, 0.25) is 0 Å². The van der Waals surface area contributed by atoms with Gasteiger partial charge in [-0.2, -0.15) is 0 Å². The van der Waals surface area contributed by atoms with Crippen LogP contribution in [0.25, 0.3) is 0 Å². The number of piperazine rings is 1. The smallest absolute Gasteiger partial charge is 0.238 e. The van der Waals surface area contributed by atoms with Gasteiger partial charge in [0.05, 0.1) is 18.8 Å². The second-order valence-corrected chi connectivity index (χ2v) is 7.98. The second kappa shape index (κ2) is 8.42. The van der Waals surface area contributed by atoms with Crippen LogP contribution in [-0.4, -0.2) is 55.0 Å². The minimum absolute atomic E-state index is 0.0361. The summed E-state index contributed by atoms with van der Waals surface area (Å²) in [6.45, 7) is 6.00. The van der Waals surface area contributed by atoms with Gasteiger partial charge in [-0.3, -0.25) is 14.6 Å². The molecule has 0 aromatic heterocycles. The molecule has 0 atom stereocenters. The van der Waals surface area contributed by atoms with E-state index in [-0.39, 0.29) is 5.91 Å². The molecular weight excluding hydrogens is 406 g/mol. The van der Waals surface area contributed by atoms with E-state index in [1.54, 1.807) is 0 Å². The summed E-state index contributed by atoms with van der Waals surface area (Å²) in [7, 11) is 0. The lowest BCUT2D eigenvalue weighted by molar-refractivity contribution is -0.117. The molecule has 1 N–H and O–H groups in total. The van der Waals surface area contributed by atoms with Gasteiger partial charge in [-0.15, -0.1) is 0 Å². The highest BCUT2D eigenvalue weighted by atomic mass is 79.9. The first-order valence-corrected chi connectivity index (χ1v) is 10.2. The SMILES string of the molecule is O=C(CN1CCN(Cc2ccc3c(c2)CCO3)CC1)Nc1ccccc1Br. The monoisotopic (exact) mass is 429 g/mol. The Hall–Kier alpha value is -1.89. The molecule has 2 aliphatic rings. The van der Waals surface area contributed by atoms with Crippen LogP contribution in [0.5, 0.6) is 5.75 Å². The molecular formula is C21H24BrN3O2. The topological polar surface area (TPSA) is 44.8 Å². The first-order valence-electron chi connectivity index (χ1n) is 9.41. The van der Waals surface area contributed by atoms with Gasteiger partial charge in [-0.1, -0.05) is 24.3 Å². The molecule has 142 valence electrons. The number of amides is 1. The van der Waals surface area contributed by atoms with Crippen molar-refractivity contribution < 1.29 is 9.53 Å².